The number of ketones is 1. The Bertz CT molecular complexity index is 107. The highest BCUT2D eigenvalue weighted by Gasteiger charge is 2.11. The van der Waals surface area contributed by atoms with Crippen molar-refractivity contribution < 1.29 is 4.79 Å². The lowest BCUT2D eigenvalue weighted by Gasteiger charge is -2.02. The van der Waals surface area contributed by atoms with Crippen LogP contribution in [-0.4, -0.2) is 5.78 Å². The van der Waals surface area contributed by atoms with Crippen LogP contribution in [0.3, 0.4) is 0 Å². The maximum atomic E-state index is 10.8. The van der Waals surface area contributed by atoms with Gasteiger partial charge in [-0.3, -0.25) is 4.79 Å². The molecule has 1 heteroatoms. The van der Waals surface area contributed by atoms with Crippen molar-refractivity contribution in [1.29, 1.82) is 0 Å². The van der Waals surface area contributed by atoms with Gasteiger partial charge in [0, 0.05) is 12.8 Å². The molecule has 0 radical (unpaired) electrons. The third-order valence-corrected chi connectivity index (χ3v) is 2.07. The molecule has 0 saturated heterocycles. The fourth-order valence-corrected chi connectivity index (χ4v) is 1.32. The monoisotopic (exact) mass is 126 g/mol. The van der Waals surface area contributed by atoms with Gasteiger partial charge in [0.15, 0.2) is 0 Å². The van der Waals surface area contributed by atoms with E-state index in [1.807, 2.05) is 0 Å². The molecule has 1 atom stereocenters. The molecule has 0 bridgehead atoms. The lowest BCUT2D eigenvalue weighted by atomic mass is 10.0. The second-order valence-electron chi connectivity index (χ2n) is 3.07. The van der Waals surface area contributed by atoms with Gasteiger partial charge in [0.05, 0.1) is 0 Å². The van der Waals surface area contributed by atoms with E-state index < -0.39 is 0 Å². The minimum absolute atomic E-state index is 0.472. The van der Waals surface area contributed by atoms with Gasteiger partial charge >= 0.3 is 0 Å². The first kappa shape index (κ1) is 6.79. The summed E-state index contributed by atoms with van der Waals surface area (Å²) in [5.74, 6) is 1.26. The van der Waals surface area contributed by atoms with Crippen LogP contribution in [0.15, 0.2) is 0 Å². The molecular weight excluding hydrogens is 112 g/mol. The van der Waals surface area contributed by atoms with E-state index in [0.29, 0.717) is 5.78 Å². The fourth-order valence-electron chi connectivity index (χ4n) is 1.32. The molecule has 0 spiro atoms. The Kier molecular flexibility index (Phi) is 2.26. The summed E-state index contributed by atoms with van der Waals surface area (Å²) >= 11 is 0. The van der Waals surface area contributed by atoms with E-state index in [1.54, 1.807) is 0 Å². The minimum Gasteiger partial charge on any atom is -0.300 e. The van der Waals surface area contributed by atoms with E-state index in [-0.39, 0.29) is 0 Å². The van der Waals surface area contributed by atoms with Crippen molar-refractivity contribution in [3.05, 3.63) is 0 Å². The highest BCUT2D eigenvalue weighted by molar-refractivity contribution is 5.78. The second kappa shape index (κ2) is 3.00. The van der Waals surface area contributed by atoms with Crippen molar-refractivity contribution in [1.82, 2.24) is 0 Å². The zero-order chi connectivity index (χ0) is 6.69. The topological polar surface area (TPSA) is 17.1 Å². The summed E-state index contributed by atoms with van der Waals surface area (Å²) in [4.78, 5) is 10.8. The quantitative estimate of drug-likeness (QED) is 0.454. The first-order valence-corrected chi connectivity index (χ1v) is 3.81. The van der Waals surface area contributed by atoms with Gasteiger partial charge in [0.25, 0.3) is 0 Å². The van der Waals surface area contributed by atoms with Gasteiger partial charge in [-0.25, -0.2) is 0 Å². The van der Waals surface area contributed by atoms with Gasteiger partial charge in [-0.15, -0.1) is 0 Å². The molecule has 0 aromatic carbocycles. The molecule has 9 heavy (non-hydrogen) atoms. The molecule has 0 aromatic rings. The summed E-state index contributed by atoms with van der Waals surface area (Å²) < 4.78 is 0. The van der Waals surface area contributed by atoms with Crippen LogP contribution in [0.5, 0.6) is 0 Å². The number of carbonyl (C=O) groups is 1. The average Bonchev–Trinajstić information content (AvgIpc) is 1.97. The number of carbonyl (C=O) groups excluding carboxylic acids is 1. The maximum Gasteiger partial charge on any atom is 0.132 e. The number of rotatable bonds is 0. The molecule has 1 rings (SSSR count). The van der Waals surface area contributed by atoms with Crippen LogP contribution in [0.25, 0.3) is 0 Å². The third kappa shape index (κ3) is 2.17. The van der Waals surface area contributed by atoms with E-state index in [2.05, 4.69) is 6.92 Å². The first-order valence-electron chi connectivity index (χ1n) is 3.81. The van der Waals surface area contributed by atoms with Crippen LogP contribution >= 0.6 is 0 Å². The van der Waals surface area contributed by atoms with E-state index >= 15 is 0 Å². The fraction of sp³-hybridized carbons (Fsp3) is 0.875. The van der Waals surface area contributed by atoms with Crippen molar-refractivity contribution in [3.63, 3.8) is 0 Å². The average molecular weight is 126 g/mol. The molecule has 1 aliphatic carbocycles. The Morgan fingerprint density at radius 3 is 2.89 bits per heavy atom. The molecular formula is C8H14O. The molecule has 0 unspecified atom stereocenters. The molecule has 0 aliphatic heterocycles. The molecule has 1 saturated carbocycles. The number of Topliss-reactive ketones (excluding diaryl/α,β-unsaturated/α-hetero) is 1. The van der Waals surface area contributed by atoms with Gasteiger partial charge in [0.2, 0.25) is 0 Å². The van der Waals surface area contributed by atoms with Gasteiger partial charge in [-0.1, -0.05) is 13.3 Å². The summed E-state index contributed by atoms with van der Waals surface area (Å²) in [5.41, 5.74) is 0. The Balaban J connectivity index is 2.34. The van der Waals surface area contributed by atoms with Crippen LogP contribution < -0.4 is 0 Å². The summed E-state index contributed by atoms with van der Waals surface area (Å²) in [6, 6.07) is 0. The standard InChI is InChI=1S/C8H14O/c1-7-3-2-4-8(9)6-5-7/h7H,2-6H2,1H3/t7-/m0/s1. The summed E-state index contributed by atoms with van der Waals surface area (Å²) in [5, 5.41) is 0. The van der Waals surface area contributed by atoms with Crippen LogP contribution in [0, 0.1) is 5.92 Å². The third-order valence-electron chi connectivity index (χ3n) is 2.07. The van der Waals surface area contributed by atoms with Crippen LogP contribution in [-0.2, 0) is 4.79 Å². The summed E-state index contributed by atoms with van der Waals surface area (Å²) in [6.45, 7) is 2.23. The Labute approximate surface area is 56.4 Å². The van der Waals surface area contributed by atoms with Crippen LogP contribution in [0.4, 0.5) is 0 Å². The SMILES string of the molecule is C[C@H]1CCCC(=O)CC1. The predicted molar refractivity (Wildman–Crippen MR) is 37.3 cm³/mol. The predicted octanol–water partition coefficient (Wildman–Crippen LogP) is 2.16. The number of hydrogen-bond donors (Lipinski definition) is 0. The normalized spacial score (nSPS) is 29.9. The van der Waals surface area contributed by atoms with E-state index in [9.17, 15) is 4.79 Å². The zero-order valence-corrected chi connectivity index (χ0v) is 6.02. The largest absolute Gasteiger partial charge is 0.300 e. The molecule has 52 valence electrons. The Morgan fingerprint density at radius 2 is 2.11 bits per heavy atom. The van der Waals surface area contributed by atoms with Crippen molar-refractivity contribution in [3.8, 4) is 0 Å². The lowest BCUT2D eigenvalue weighted by Crippen LogP contribution is -1.93. The summed E-state index contributed by atoms with van der Waals surface area (Å²) in [7, 11) is 0. The van der Waals surface area contributed by atoms with E-state index in [0.717, 1.165) is 31.6 Å². The molecule has 0 aromatic heterocycles. The minimum atomic E-state index is 0.472. The van der Waals surface area contributed by atoms with E-state index in [1.165, 1.54) is 6.42 Å². The van der Waals surface area contributed by atoms with Crippen LogP contribution in [0.1, 0.15) is 39.0 Å². The highest BCUT2D eigenvalue weighted by Crippen LogP contribution is 2.19. The highest BCUT2D eigenvalue weighted by atomic mass is 16.1. The first-order chi connectivity index (χ1) is 4.29. The molecule has 1 aliphatic rings. The Morgan fingerprint density at radius 1 is 1.33 bits per heavy atom. The number of hydrogen-bond acceptors (Lipinski definition) is 1. The smallest absolute Gasteiger partial charge is 0.132 e. The van der Waals surface area contributed by atoms with Crippen molar-refractivity contribution in [2.24, 2.45) is 5.92 Å². The van der Waals surface area contributed by atoms with E-state index in [4.69, 9.17) is 0 Å². The zero-order valence-electron chi connectivity index (χ0n) is 6.02. The molecule has 0 amide bonds. The van der Waals surface area contributed by atoms with Crippen molar-refractivity contribution >= 4 is 5.78 Å². The lowest BCUT2D eigenvalue weighted by molar-refractivity contribution is -0.118. The maximum absolute atomic E-state index is 10.8. The Hall–Kier alpha value is -0.330. The van der Waals surface area contributed by atoms with Crippen molar-refractivity contribution in [2.75, 3.05) is 0 Å². The van der Waals surface area contributed by atoms with Gasteiger partial charge in [0.1, 0.15) is 5.78 Å². The second-order valence-corrected chi connectivity index (χ2v) is 3.07. The summed E-state index contributed by atoms with van der Waals surface area (Å²) in [6.07, 6.45) is 5.18. The van der Waals surface area contributed by atoms with Gasteiger partial charge in [-0.05, 0) is 18.8 Å². The van der Waals surface area contributed by atoms with Gasteiger partial charge < -0.3 is 0 Å². The molecule has 0 heterocycles. The molecule has 0 N–H and O–H groups in total. The molecule has 1 nitrogen and oxygen atoms in total. The van der Waals surface area contributed by atoms with Gasteiger partial charge in [-0.2, -0.15) is 0 Å². The van der Waals surface area contributed by atoms with Crippen molar-refractivity contribution in [2.45, 2.75) is 39.0 Å². The van der Waals surface area contributed by atoms with Crippen LogP contribution in [0.2, 0.25) is 0 Å². The molecule has 1 fully saturated rings.